The van der Waals surface area contributed by atoms with Crippen molar-refractivity contribution in [2.45, 2.75) is 26.1 Å². The number of nitrogens with zero attached hydrogens (tertiary/aromatic N) is 5. The lowest BCUT2D eigenvalue weighted by Crippen LogP contribution is -2.46. The molecule has 0 amide bonds. The Bertz CT molecular complexity index is 1190. The van der Waals surface area contributed by atoms with Gasteiger partial charge in [-0.25, -0.2) is 10.1 Å². The second-order valence-corrected chi connectivity index (χ2v) is 9.08. The van der Waals surface area contributed by atoms with Crippen LogP contribution in [0.3, 0.4) is 0 Å². The van der Waals surface area contributed by atoms with Gasteiger partial charge in [0, 0.05) is 51.5 Å². The average Bonchev–Trinajstić information content (AvgIpc) is 2.85. The number of hydrogen-bond acceptors (Lipinski definition) is 10. The Kier molecular flexibility index (Phi) is 7.07. The van der Waals surface area contributed by atoms with Gasteiger partial charge in [-0.2, -0.15) is 10.1 Å². The predicted octanol–water partition coefficient (Wildman–Crippen LogP) is 1.35. The van der Waals surface area contributed by atoms with Gasteiger partial charge in [-0.05, 0) is 38.1 Å². The Morgan fingerprint density at radius 1 is 1.11 bits per heavy atom. The predicted molar refractivity (Wildman–Crippen MR) is 135 cm³/mol. The number of ether oxygens (including phenoxy) is 2. The highest BCUT2D eigenvalue weighted by molar-refractivity contribution is 5.90. The van der Waals surface area contributed by atoms with Crippen molar-refractivity contribution in [1.82, 2.24) is 30.4 Å². The zero-order valence-corrected chi connectivity index (χ0v) is 20.2. The lowest BCUT2D eigenvalue weighted by molar-refractivity contribution is -0.00569. The Morgan fingerprint density at radius 3 is 2.60 bits per heavy atom. The first-order chi connectivity index (χ1) is 17.0. The summed E-state index contributed by atoms with van der Waals surface area (Å²) in [6.45, 7) is 11.1. The number of benzene rings is 1. The molecule has 5 rings (SSSR count). The van der Waals surface area contributed by atoms with Crippen LogP contribution in [0, 0.1) is 0 Å². The number of fused-ring (bicyclic) bond motifs is 1. The highest BCUT2D eigenvalue weighted by Gasteiger charge is 2.25. The van der Waals surface area contributed by atoms with Gasteiger partial charge in [-0.1, -0.05) is 0 Å². The molecule has 11 heteroatoms. The van der Waals surface area contributed by atoms with Gasteiger partial charge in [-0.3, -0.25) is 9.69 Å². The van der Waals surface area contributed by atoms with Crippen molar-refractivity contribution in [3.8, 4) is 5.75 Å². The summed E-state index contributed by atoms with van der Waals surface area (Å²) < 4.78 is 11.8. The number of aromatic nitrogens is 4. The molecule has 186 valence electrons. The van der Waals surface area contributed by atoms with Crippen LogP contribution >= 0.6 is 0 Å². The van der Waals surface area contributed by atoms with Crippen molar-refractivity contribution in [2.24, 2.45) is 0 Å². The molecule has 2 aliphatic rings. The summed E-state index contributed by atoms with van der Waals surface area (Å²) >= 11 is 0. The summed E-state index contributed by atoms with van der Waals surface area (Å²) in [7, 11) is 0. The maximum atomic E-state index is 12.6. The van der Waals surface area contributed by atoms with E-state index in [0.717, 1.165) is 44.2 Å². The van der Waals surface area contributed by atoms with E-state index in [1.54, 1.807) is 6.20 Å². The summed E-state index contributed by atoms with van der Waals surface area (Å²) in [5.41, 5.74) is 0.944. The van der Waals surface area contributed by atoms with E-state index in [1.807, 2.05) is 38.1 Å². The molecule has 35 heavy (non-hydrogen) atoms. The van der Waals surface area contributed by atoms with E-state index in [0.29, 0.717) is 42.4 Å². The summed E-state index contributed by atoms with van der Waals surface area (Å²) in [4.78, 5) is 26.4. The van der Waals surface area contributed by atoms with Crippen LogP contribution in [0.5, 0.6) is 5.75 Å². The normalized spacial score (nSPS) is 21.3. The Labute approximate surface area is 203 Å². The van der Waals surface area contributed by atoms with Crippen molar-refractivity contribution in [1.29, 1.82) is 0 Å². The van der Waals surface area contributed by atoms with Crippen LogP contribution in [0.4, 0.5) is 17.5 Å². The van der Waals surface area contributed by atoms with Gasteiger partial charge in [0.05, 0.1) is 18.4 Å². The Hall–Kier alpha value is -3.28. The highest BCUT2D eigenvalue weighted by atomic mass is 16.5. The SMILES string of the molecule is CC1CN(c2nc(Nc3ccc(OCCN4CCNCC4)cc3)c3c(=O)[nH]ncc3n2)CC(C)O1. The molecular formula is C24H32N8O3. The summed E-state index contributed by atoms with van der Waals surface area (Å²) in [6.07, 6.45) is 1.67. The minimum absolute atomic E-state index is 0.0610. The molecule has 11 nitrogen and oxygen atoms in total. The van der Waals surface area contributed by atoms with Gasteiger partial charge < -0.3 is 25.0 Å². The van der Waals surface area contributed by atoms with E-state index >= 15 is 0 Å². The molecule has 0 bridgehead atoms. The molecular weight excluding hydrogens is 448 g/mol. The number of rotatable bonds is 7. The van der Waals surface area contributed by atoms with Gasteiger partial charge in [0.25, 0.3) is 5.56 Å². The standard InChI is InChI=1S/C24H32N8O3/c1-16-14-32(15-17(2)35-16)24-28-20-13-26-30-23(33)21(20)22(29-24)27-18-3-5-19(6-4-18)34-12-11-31-9-7-25-8-10-31/h3-6,13,16-17,25H,7-12,14-15H2,1-2H3,(H,30,33)(H,27,28,29). The largest absolute Gasteiger partial charge is 0.492 e. The number of aromatic amines is 1. The van der Waals surface area contributed by atoms with E-state index in [-0.39, 0.29) is 17.8 Å². The fourth-order valence-corrected chi connectivity index (χ4v) is 4.56. The van der Waals surface area contributed by atoms with E-state index in [2.05, 4.69) is 35.6 Å². The minimum Gasteiger partial charge on any atom is -0.492 e. The van der Waals surface area contributed by atoms with Gasteiger partial charge in [0.2, 0.25) is 5.95 Å². The second-order valence-electron chi connectivity index (χ2n) is 9.08. The lowest BCUT2D eigenvalue weighted by atomic mass is 10.2. The second kappa shape index (κ2) is 10.5. The number of H-pyrrole nitrogens is 1. The van der Waals surface area contributed by atoms with Crippen LogP contribution in [0.25, 0.3) is 10.9 Å². The maximum absolute atomic E-state index is 12.6. The number of nitrogens with one attached hydrogen (secondary N) is 3. The van der Waals surface area contributed by atoms with Crippen LogP contribution in [0.2, 0.25) is 0 Å². The molecule has 0 saturated carbocycles. The molecule has 3 aromatic rings. The van der Waals surface area contributed by atoms with E-state index in [9.17, 15) is 4.79 Å². The lowest BCUT2D eigenvalue weighted by Gasteiger charge is -2.35. The van der Waals surface area contributed by atoms with Crippen molar-refractivity contribution in [3.05, 3.63) is 40.8 Å². The van der Waals surface area contributed by atoms with E-state index in [1.165, 1.54) is 0 Å². The molecule has 3 N–H and O–H groups in total. The number of hydrogen-bond donors (Lipinski definition) is 3. The van der Waals surface area contributed by atoms with Gasteiger partial charge in [-0.15, -0.1) is 0 Å². The third-order valence-electron chi connectivity index (χ3n) is 6.21. The Balaban J connectivity index is 1.32. The first kappa shape index (κ1) is 23.5. The highest BCUT2D eigenvalue weighted by Crippen LogP contribution is 2.26. The van der Waals surface area contributed by atoms with E-state index < -0.39 is 0 Å². The fraction of sp³-hybridized carbons (Fsp3) is 0.500. The smallest absolute Gasteiger partial charge is 0.277 e. The molecule has 2 fully saturated rings. The molecule has 4 heterocycles. The van der Waals surface area contributed by atoms with E-state index in [4.69, 9.17) is 14.5 Å². The van der Waals surface area contributed by atoms with Crippen molar-refractivity contribution < 1.29 is 9.47 Å². The first-order valence-corrected chi connectivity index (χ1v) is 12.1. The van der Waals surface area contributed by atoms with Crippen molar-refractivity contribution in [2.75, 3.05) is 62.6 Å². The molecule has 2 aliphatic heterocycles. The molecule has 0 aliphatic carbocycles. The average molecular weight is 481 g/mol. The van der Waals surface area contributed by atoms with Gasteiger partial charge in [0.1, 0.15) is 29.1 Å². The van der Waals surface area contributed by atoms with Crippen LogP contribution in [0.15, 0.2) is 35.3 Å². The molecule has 2 aromatic heterocycles. The molecule has 2 saturated heterocycles. The number of morpholine rings is 1. The topological polar surface area (TPSA) is 121 Å². The molecule has 0 spiro atoms. The summed E-state index contributed by atoms with van der Waals surface area (Å²) in [5, 5.41) is 13.4. The van der Waals surface area contributed by atoms with Crippen LogP contribution < -0.4 is 25.8 Å². The molecule has 0 radical (unpaired) electrons. The minimum atomic E-state index is -0.340. The van der Waals surface area contributed by atoms with Crippen molar-refractivity contribution >= 4 is 28.4 Å². The number of piperazine rings is 1. The molecule has 2 unspecified atom stereocenters. The quantitative estimate of drug-likeness (QED) is 0.457. The zero-order chi connectivity index (χ0) is 24.2. The van der Waals surface area contributed by atoms with Crippen LogP contribution in [-0.2, 0) is 4.74 Å². The van der Waals surface area contributed by atoms with Gasteiger partial charge in [0.15, 0.2) is 0 Å². The molecule has 2 atom stereocenters. The summed E-state index contributed by atoms with van der Waals surface area (Å²) in [5.74, 6) is 1.78. The van der Waals surface area contributed by atoms with Crippen LogP contribution in [0.1, 0.15) is 13.8 Å². The van der Waals surface area contributed by atoms with Crippen LogP contribution in [-0.4, -0.2) is 89.7 Å². The third-order valence-corrected chi connectivity index (χ3v) is 6.21. The maximum Gasteiger partial charge on any atom is 0.277 e. The van der Waals surface area contributed by atoms with Crippen molar-refractivity contribution in [3.63, 3.8) is 0 Å². The zero-order valence-electron chi connectivity index (χ0n) is 20.2. The first-order valence-electron chi connectivity index (χ1n) is 12.1. The fourth-order valence-electron chi connectivity index (χ4n) is 4.56. The third kappa shape index (κ3) is 5.69. The monoisotopic (exact) mass is 480 g/mol. The number of anilines is 3. The Morgan fingerprint density at radius 2 is 1.86 bits per heavy atom. The van der Waals surface area contributed by atoms with Gasteiger partial charge >= 0.3 is 0 Å². The summed E-state index contributed by atoms with van der Waals surface area (Å²) in [6, 6.07) is 7.67. The molecule has 1 aromatic carbocycles.